The van der Waals surface area contributed by atoms with Gasteiger partial charge < -0.3 is 9.88 Å². The van der Waals surface area contributed by atoms with Crippen molar-refractivity contribution < 1.29 is 14.4 Å². The van der Waals surface area contributed by atoms with Crippen molar-refractivity contribution in [3.05, 3.63) is 71.0 Å². The van der Waals surface area contributed by atoms with Crippen molar-refractivity contribution in [2.75, 3.05) is 0 Å². The molecule has 0 spiro atoms. The maximum atomic E-state index is 12.8. The molecule has 0 aliphatic heterocycles. The lowest BCUT2D eigenvalue weighted by atomic mass is 9.85. The zero-order valence-corrected chi connectivity index (χ0v) is 15.6. The molecule has 2 aromatic rings. The minimum atomic E-state index is -0.293. The fourth-order valence-electron chi connectivity index (χ4n) is 2.94. The summed E-state index contributed by atoms with van der Waals surface area (Å²) in [5.41, 5.74) is 3.08. The fourth-order valence-corrected chi connectivity index (χ4v) is 2.94. The summed E-state index contributed by atoms with van der Waals surface area (Å²) in [5.74, 6) is -0.775. The molecule has 1 amide bonds. The van der Waals surface area contributed by atoms with Gasteiger partial charge in [-0.2, -0.15) is 0 Å². The van der Waals surface area contributed by atoms with Crippen molar-refractivity contribution in [2.24, 2.45) is 0 Å². The molecule has 1 aromatic carbocycles. The Labute approximate surface area is 157 Å². The van der Waals surface area contributed by atoms with Crippen LogP contribution in [0.2, 0.25) is 0 Å². The predicted molar refractivity (Wildman–Crippen MR) is 101 cm³/mol. The Morgan fingerprint density at radius 3 is 2.33 bits per heavy atom. The highest BCUT2D eigenvalue weighted by Gasteiger charge is 2.31. The van der Waals surface area contributed by atoms with Gasteiger partial charge in [-0.05, 0) is 31.5 Å². The van der Waals surface area contributed by atoms with Crippen LogP contribution in [0.25, 0.3) is 5.69 Å². The minimum absolute atomic E-state index is 0.105. The molecule has 1 aliphatic carbocycles. The van der Waals surface area contributed by atoms with E-state index in [2.05, 4.69) is 10.3 Å². The topological polar surface area (TPSA) is 81.1 Å². The Hall–Kier alpha value is -3.28. The average molecular weight is 363 g/mol. The number of rotatable bonds is 5. The van der Waals surface area contributed by atoms with Crippen LogP contribution >= 0.6 is 0 Å². The monoisotopic (exact) mass is 363 g/mol. The SMILES string of the molecule is CCC(=O)NC1=C(Cc2ccc(-n3ccnc3)cc2)C(=O)C(C)=C(C)C1=O. The van der Waals surface area contributed by atoms with Crippen molar-refractivity contribution in [3.8, 4) is 5.69 Å². The fraction of sp³-hybridized carbons (Fsp3) is 0.238. The average Bonchev–Trinajstić information content (AvgIpc) is 3.22. The lowest BCUT2D eigenvalue weighted by molar-refractivity contribution is -0.122. The Morgan fingerprint density at radius 1 is 1.07 bits per heavy atom. The quantitative estimate of drug-likeness (QED) is 0.828. The minimum Gasteiger partial charge on any atom is -0.322 e. The van der Waals surface area contributed by atoms with Gasteiger partial charge in [-0.15, -0.1) is 0 Å². The van der Waals surface area contributed by atoms with Gasteiger partial charge in [0.2, 0.25) is 11.7 Å². The molecule has 1 aliphatic rings. The van der Waals surface area contributed by atoms with Gasteiger partial charge in [0.1, 0.15) is 0 Å². The molecule has 0 saturated carbocycles. The molecule has 0 radical (unpaired) electrons. The number of carbonyl (C=O) groups is 3. The molecule has 138 valence electrons. The number of hydrogen-bond donors (Lipinski definition) is 1. The van der Waals surface area contributed by atoms with E-state index in [4.69, 9.17) is 0 Å². The van der Waals surface area contributed by atoms with Crippen LogP contribution in [0.15, 0.2) is 65.4 Å². The van der Waals surface area contributed by atoms with E-state index in [9.17, 15) is 14.4 Å². The molecule has 6 nitrogen and oxygen atoms in total. The largest absolute Gasteiger partial charge is 0.322 e. The van der Waals surface area contributed by atoms with Crippen LogP contribution in [-0.2, 0) is 20.8 Å². The van der Waals surface area contributed by atoms with E-state index < -0.39 is 0 Å². The van der Waals surface area contributed by atoms with Crippen LogP contribution in [-0.4, -0.2) is 27.0 Å². The first-order valence-electron chi connectivity index (χ1n) is 8.79. The standard InChI is InChI=1S/C21H21N3O3/c1-4-18(25)23-19-17(20(26)13(2)14(3)21(19)27)11-15-5-7-16(8-6-15)24-10-9-22-12-24/h5-10,12H,4,11H2,1-3H3,(H,23,25). The second kappa shape index (κ2) is 7.53. The smallest absolute Gasteiger partial charge is 0.224 e. The normalized spacial score (nSPS) is 14.8. The van der Waals surface area contributed by atoms with Crippen molar-refractivity contribution in [1.82, 2.24) is 14.9 Å². The van der Waals surface area contributed by atoms with Gasteiger partial charge in [0.05, 0.1) is 12.0 Å². The zero-order chi connectivity index (χ0) is 19.6. The van der Waals surface area contributed by atoms with E-state index in [0.29, 0.717) is 16.7 Å². The summed E-state index contributed by atoms with van der Waals surface area (Å²) in [4.78, 5) is 41.3. The van der Waals surface area contributed by atoms with Gasteiger partial charge >= 0.3 is 0 Å². The lowest BCUT2D eigenvalue weighted by Gasteiger charge is -2.21. The van der Waals surface area contributed by atoms with E-state index >= 15 is 0 Å². The summed E-state index contributed by atoms with van der Waals surface area (Å²) in [6, 6.07) is 7.65. The molecule has 0 saturated heterocycles. The second-order valence-corrected chi connectivity index (χ2v) is 6.48. The number of ketones is 2. The first-order chi connectivity index (χ1) is 12.9. The van der Waals surface area contributed by atoms with Crippen molar-refractivity contribution >= 4 is 17.5 Å². The van der Waals surface area contributed by atoms with Crippen LogP contribution in [0.4, 0.5) is 0 Å². The van der Waals surface area contributed by atoms with E-state index in [-0.39, 0.29) is 36.0 Å². The molecule has 27 heavy (non-hydrogen) atoms. The summed E-state index contributed by atoms with van der Waals surface area (Å²) in [6.07, 6.45) is 5.76. The van der Waals surface area contributed by atoms with Gasteiger partial charge in [-0.1, -0.05) is 19.1 Å². The summed E-state index contributed by atoms with van der Waals surface area (Å²) in [6.45, 7) is 4.97. The van der Waals surface area contributed by atoms with Crippen LogP contribution in [0.1, 0.15) is 32.8 Å². The van der Waals surface area contributed by atoms with Crippen molar-refractivity contribution in [3.63, 3.8) is 0 Å². The van der Waals surface area contributed by atoms with Gasteiger partial charge in [0, 0.05) is 47.6 Å². The molecule has 1 aromatic heterocycles. The molecule has 0 unspecified atom stereocenters. The third-order valence-electron chi connectivity index (χ3n) is 4.75. The van der Waals surface area contributed by atoms with Gasteiger partial charge in [-0.3, -0.25) is 14.4 Å². The number of Topliss-reactive ketones (excluding diaryl/α,β-unsaturated/α-hetero) is 2. The van der Waals surface area contributed by atoms with E-state index in [1.54, 1.807) is 33.3 Å². The van der Waals surface area contributed by atoms with Gasteiger partial charge in [-0.25, -0.2) is 4.98 Å². The van der Waals surface area contributed by atoms with Crippen molar-refractivity contribution in [1.29, 1.82) is 0 Å². The molecular weight excluding hydrogens is 342 g/mol. The van der Waals surface area contributed by atoms with Gasteiger partial charge in [0.25, 0.3) is 0 Å². The van der Waals surface area contributed by atoms with E-state index in [1.807, 2.05) is 35.0 Å². The van der Waals surface area contributed by atoms with Crippen LogP contribution in [0.5, 0.6) is 0 Å². The molecule has 1 N–H and O–H groups in total. The summed E-state index contributed by atoms with van der Waals surface area (Å²) >= 11 is 0. The highest BCUT2D eigenvalue weighted by molar-refractivity contribution is 6.25. The van der Waals surface area contributed by atoms with Crippen LogP contribution in [0, 0.1) is 0 Å². The van der Waals surface area contributed by atoms with Crippen molar-refractivity contribution in [2.45, 2.75) is 33.6 Å². The number of imidazole rings is 1. The van der Waals surface area contributed by atoms with E-state index in [0.717, 1.165) is 11.3 Å². The Kier molecular flexibility index (Phi) is 5.16. The number of nitrogens with one attached hydrogen (secondary N) is 1. The summed E-state index contributed by atoms with van der Waals surface area (Å²) < 4.78 is 1.88. The maximum absolute atomic E-state index is 12.8. The Bertz CT molecular complexity index is 965. The highest BCUT2D eigenvalue weighted by atomic mass is 16.2. The van der Waals surface area contributed by atoms with Gasteiger partial charge in [0.15, 0.2) is 5.78 Å². The number of carbonyl (C=O) groups excluding carboxylic acids is 3. The third kappa shape index (κ3) is 3.65. The first kappa shape index (κ1) is 18.5. The molecule has 0 atom stereocenters. The number of amides is 1. The predicted octanol–water partition coefficient (Wildman–Crippen LogP) is 2.68. The highest BCUT2D eigenvalue weighted by Crippen LogP contribution is 2.26. The Morgan fingerprint density at radius 2 is 1.74 bits per heavy atom. The number of allylic oxidation sites excluding steroid dienone is 3. The number of hydrogen-bond acceptors (Lipinski definition) is 4. The Balaban J connectivity index is 1.94. The zero-order valence-electron chi connectivity index (χ0n) is 15.6. The molecule has 1 heterocycles. The number of nitrogens with zero attached hydrogens (tertiary/aromatic N) is 2. The molecule has 0 bridgehead atoms. The van der Waals surface area contributed by atoms with Crippen LogP contribution in [0.3, 0.4) is 0 Å². The van der Waals surface area contributed by atoms with E-state index in [1.165, 1.54) is 0 Å². The first-order valence-corrected chi connectivity index (χ1v) is 8.79. The molecular formula is C21H21N3O3. The van der Waals surface area contributed by atoms with Crippen LogP contribution < -0.4 is 5.32 Å². The third-order valence-corrected chi connectivity index (χ3v) is 4.75. The second-order valence-electron chi connectivity index (χ2n) is 6.48. The maximum Gasteiger partial charge on any atom is 0.224 e. The summed E-state index contributed by atoms with van der Waals surface area (Å²) in [5, 5.41) is 2.63. The number of aromatic nitrogens is 2. The molecule has 3 rings (SSSR count). The summed E-state index contributed by atoms with van der Waals surface area (Å²) in [7, 11) is 0. The molecule has 0 fully saturated rings. The lowest BCUT2D eigenvalue weighted by Crippen LogP contribution is -2.34. The molecule has 6 heteroatoms. The number of benzene rings is 1.